The van der Waals surface area contributed by atoms with Gasteiger partial charge in [0.05, 0.1) is 17.8 Å². The van der Waals surface area contributed by atoms with E-state index in [1.807, 2.05) is 80.6 Å². The van der Waals surface area contributed by atoms with Crippen LogP contribution >= 0.6 is 0 Å². The fraction of sp³-hybridized carbons (Fsp3) is 0.111. The van der Waals surface area contributed by atoms with E-state index in [2.05, 4.69) is 4.98 Å². The Hall–Kier alpha value is -4.12. The lowest BCUT2D eigenvalue weighted by Crippen LogP contribution is -2.30. The average molecular weight is 425 g/mol. The maximum atomic E-state index is 13.4. The van der Waals surface area contributed by atoms with Crippen LogP contribution in [0.2, 0.25) is 0 Å². The first-order valence-electron chi connectivity index (χ1n) is 10.3. The van der Waals surface area contributed by atoms with E-state index in [0.29, 0.717) is 12.2 Å². The molecule has 0 saturated heterocycles. The number of carbonyl (C=O) groups excluding carboxylic acids is 1. The third-order valence-electron chi connectivity index (χ3n) is 5.33. The topological polar surface area (TPSA) is 73.7 Å². The van der Waals surface area contributed by atoms with Gasteiger partial charge in [-0.25, -0.2) is 0 Å². The fourth-order valence-electron chi connectivity index (χ4n) is 3.61. The summed E-state index contributed by atoms with van der Waals surface area (Å²) in [5.74, 6) is -0.715. The number of benzene rings is 3. The molecule has 1 aromatic heterocycles. The molecule has 5 nitrogen and oxygen atoms in total. The van der Waals surface area contributed by atoms with E-state index in [0.717, 1.165) is 28.1 Å². The molecule has 160 valence electrons. The minimum Gasteiger partial charge on any atom is -0.508 e. The van der Waals surface area contributed by atoms with Gasteiger partial charge in [0, 0.05) is 23.0 Å². The molecule has 2 N–H and O–H groups in total. The molecule has 0 aliphatic heterocycles. The van der Waals surface area contributed by atoms with Crippen LogP contribution in [0.3, 0.4) is 0 Å². The predicted octanol–water partition coefficient (Wildman–Crippen LogP) is 5.62. The second kappa shape index (κ2) is 8.94. The first-order valence-corrected chi connectivity index (χ1v) is 10.3. The molecule has 0 radical (unpaired) electrons. The number of aryl methyl sites for hydroxylation is 2. The number of hydrogen-bond donors (Lipinski definition) is 2. The molecule has 0 aliphatic carbocycles. The number of amides is 1. The van der Waals surface area contributed by atoms with Crippen LogP contribution in [0.4, 0.5) is 5.69 Å². The minimum absolute atomic E-state index is 0.0981. The van der Waals surface area contributed by atoms with E-state index in [9.17, 15) is 15.0 Å². The molecular weight excluding hydrogens is 400 g/mol. The van der Waals surface area contributed by atoms with Crippen molar-refractivity contribution in [3.05, 3.63) is 107 Å². The van der Waals surface area contributed by atoms with Crippen molar-refractivity contribution >= 4 is 11.6 Å². The summed E-state index contributed by atoms with van der Waals surface area (Å²) < 4.78 is 0. The summed E-state index contributed by atoms with van der Waals surface area (Å²) in [6.45, 7) is 4.32. The van der Waals surface area contributed by atoms with Gasteiger partial charge in [-0.3, -0.25) is 9.78 Å². The summed E-state index contributed by atoms with van der Waals surface area (Å²) >= 11 is 0. The molecule has 0 saturated carbocycles. The minimum atomic E-state index is -0.357. The summed E-state index contributed by atoms with van der Waals surface area (Å²) in [5, 5.41) is 19.9. The second-order valence-corrected chi connectivity index (χ2v) is 7.74. The monoisotopic (exact) mass is 424 g/mol. The molecule has 5 heteroatoms. The van der Waals surface area contributed by atoms with Crippen LogP contribution in [0, 0.1) is 13.8 Å². The second-order valence-electron chi connectivity index (χ2n) is 7.74. The van der Waals surface area contributed by atoms with Gasteiger partial charge in [-0.1, -0.05) is 48.5 Å². The quantitative estimate of drug-likeness (QED) is 0.436. The summed E-state index contributed by atoms with van der Waals surface area (Å²) in [6, 6.07) is 25.4. The maximum absolute atomic E-state index is 13.4. The van der Waals surface area contributed by atoms with Crippen molar-refractivity contribution in [3.63, 3.8) is 0 Å². The lowest BCUT2D eigenvalue weighted by molar-refractivity contribution is 0.0982. The molecule has 0 aliphatic rings. The summed E-state index contributed by atoms with van der Waals surface area (Å²) in [4.78, 5) is 19.7. The smallest absolute Gasteiger partial charge is 0.262 e. The molecule has 0 fully saturated rings. The standard InChI is InChI=1S/C27H24N2O3/c1-18-8-9-19(2)28-26(18)21-10-12-22(13-11-21)29(17-20-6-4-3-5-7-20)27(32)24-15-14-23(30)16-25(24)31/h3-16,30-31H,17H2,1-2H3. The van der Waals surface area contributed by atoms with Gasteiger partial charge in [-0.05, 0) is 55.3 Å². The van der Waals surface area contributed by atoms with Gasteiger partial charge in [0.25, 0.3) is 5.91 Å². The van der Waals surface area contributed by atoms with Crippen LogP contribution in [-0.4, -0.2) is 21.1 Å². The molecule has 0 unspecified atom stereocenters. The zero-order chi connectivity index (χ0) is 22.7. The van der Waals surface area contributed by atoms with Gasteiger partial charge in [0.2, 0.25) is 0 Å². The summed E-state index contributed by atoms with van der Waals surface area (Å²) in [7, 11) is 0. The van der Waals surface area contributed by atoms with E-state index in [1.54, 1.807) is 4.90 Å². The molecule has 32 heavy (non-hydrogen) atoms. The molecular formula is C27H24N2O3. The third-order valence-corrected chi connectivity index (χ3v) is 5.33. The number of aromatic hydroxyl groups is 2. The zero-order valence-electron chi connectivity index (χ0n) is 18.0. The number of nitrogens with zero attached hydrogens (tertiary/aromatic N) is 2. The van der Waals surface area contributed by atoms with E-state index in [-0.39, 0.29) is 23.0 Å². The number of hydrogen-bond acceptors (Lipinski definition) is 4. The average Bonchev–Trinajstić information content (AvgIpc) is 2.79. The summed E-state index contributed by atoms with van der Waals surface area (Å²) in [5.41, 5.74) is 5.68. The molecule has 0 atom stereocenters. The van der Waals surface area contributed by atoms with E-state index < -0.39 is 0 Å². The van der Waals surface area contributed by atoms with Crippen molar-refractivity contribution in [1.29, 1.82) is 0 Å². The highest BCUT2D eigenvalue weighted by molar-refractivity contribution is 6.08. The molecule has 0 spiro atoms. The van der Waals surface area contributed by atoms with Gasteiger partial charge in [0.15, 0.2) is 0 Å². The molecule has 0 bridgehead atoms. The number of rotatable bonds is 5. The molecule has 1 heterocycles. The highest BCUT2D eigenvalue weighted by Crippen LogP contribution is 2.29. The van der Waals surface area contributed by atoms with Crippen molar-refractivity contribution < 1.29 is 15.0 Å². The summed E-state index contributed by atoms with van der Waals surface area (Å²) in [6.07, 6.45) is 0. The van der Waals surface area contributed by atoms with Gasteiger partial charge >= 0.3 is 0 Å². The van der Waals surface area contributed by atoms with E-state index in [4.69, 9.17) is 0 Å². The van der Waals surface area contributed by atoms with Gasteiger partial charge in [0.1, 0.15) is 11.5 Å². The molecule has 1 amide bonds. The van der Waals surface area contributed by atoms with Crippen molar-refractivity contribution in [2.75, 3.05) is 4.90 Å². The van der Waals surface area contributed by atoms with Gasteiger partial charge in [-0.15, -0.1) is 0 Å². The predicted molar refractivity (Wildman–Crippen MR) is 126 cm³/mol. The number of aromatic nitrogens is 1. The fourth-order valence-corrected chi connectivity index (χ4v) is 3.61. The van der Waals surface area contributed by atoms with E-state index >= 15 is 0 Å². The first kappa shape index (κ1) is 21.1. The van der Waals surface area contributed by atoms with Gasteiger partial charge in [-0.2, -0.15) is 0 Å². The Kier molecular flexibility index (Phi) is 5.90. The van der Waals surface area contributed by atoms with Crippen LogP contribution in [0.15, 0.2) is 84.9 Å². The number of anilines is 1. The number of phenols is 2. The highest BCUT2D eigenvalue weighted by atomic mass is 16.3. The number of phenolic OH excluding ortho intramolecular Hbond substituents is 2. The van der Waals surface area contributed by atoms with Gasteiger partial charge < -0.3 is 15.1 Å². The van der Waals surface area contributed by atoms with Crippen molar-refractivity contribution in [1.82, 2.24) is 4.98 Å². The van der Waals surface area contributed by atoms with Crippen molar-refractivity contribution in [2.45, 2.75) is 20.4 Å². The Bertz CT molecular complexity index is 1250. The number of pyridine rings is 1. The highest BCUT2D eigenvalue weighted by Gasteiger charge is 2.21. The lowest BCUT2D eigenvalue weighted by atomic mass is 10.0. The normalized spacial score (nSPS) is 10.7. The molecule has 4 aromatic rings. The Labute approximate surface area is 187 Å². The largest absolute Gasteiger partial charge is 0.508 e. The van der Waals surface area contributed by atoms with Crippen LogP contribution in [0.5, 0.6) is 11.5 Å². The number of carbonyl (C=O) groups is 1. The Morgan fingerprint density at radius 2 is 1.59 bits per heavy atom. The van der Waals surface area contributed by atoms with Crippen molar-refractivity contribution in [2.24, 2.45) is 0 Å². The van der Waals surface area contributed by atoms with Crippen LogP contribution < -0.4 is 4.90 Å². The van der Waals surface area contributed by atoms with E-state index in [1.165, 1.54) is 18.2 Å². The Morgan fingerprint density at radius 1 is 0.875 bits per heavy atom. The zero-order valence-corrected chi connectivity index (χ0v) is 18.0. The Morgan fingerprint density at radius 3 is 2.28 bits per heavy atom. The van der Waals surface area contributed by atoms with Crippen LogP contribution in [0.25, 0.3) is 11.3 Å². The lowest BCUT2D eigenvalue weighted by Gasteiger charge is -2.24. The first-order chi connectivity index (χ1) is 15.4. The molecule has 3 aromatic carbocycles. The molecule has 4 rings (SSSR count). The van der Waals surface area contributed by atoms with Crippen LogP contribution in [-0.2, 0) is 6.54 Å². The third kappa shape index (κ3) is 4.47. The van der Waals surface area contributed by atoms with Crippen LogP contribution in [0.1, 0.15) is 27.2 Å². The SMILES string of the molecule is Cc1ccc(C)c(-c2ccc(N(Cc3ccccc3)C(=O)c3ccc(O)cc3O)cc2)n1. The van der Waals surface area contributed by atoms with Crippen molar-refractivity contribution in [3.8, 4) is 22.8 Å². The maximum Gasteiger partial charge on any atom is 0.262 e. The Balaban J connectivity index is 1.72.